The Bertz CT molecular complexity index is 1670. The number of carbonyl (C=O) groups excluding carboxylic acids is 2. The van der Waals surface area contributed by atoms with Crippen LogP contribution >= 0.6 is 0 Å². The molecule has 4 aromatic rings. The van der Waals surface area contributed by atoms with Gasteiger partial charge in [0.25, 0.3) is 11.8 Å². The van der Waals surface area contributed by atoms with Crippen molar-refractivity contribution in [1.82, 2.24) is 30.2 Å². The largest absolute Gasteiger partial charge is 0.378 e. The number of carbonyl (C=O) groups is 2. The Morgan fingerprint density at radius 2 is 1.89 bits per heavy atom. The molecule has 3 aromatic heterocycles. The van der Waals surface area contributed by atoms with Gasteiger partial charge in [0.1, 0.15) is 29.5 Å². The number of aromatic nitrogens is 4. The second-order valence-electron chi connectivity index (χ2n) is 10.8. The van der Waals surface area contributed by atoms with Crippen LogP contribution in [0.25, 0.3) is 22.3 Å². The van der Waals surface area contributed by atoms with E-state index in [-0.39, 0.29) is 25.2 Å². The maximum atomic E-state index is 14.4. The number of anilines is 2. The van der Waals surface area contributed by atoms with Gasteiger partial charge >= 0.3 is 0 Å². The van der Waals surface area contributed by atoms with E-state index >= 15 is 0 Å². The summed E-state index contributed by atoms with van der Waals surface area (Å²) in [5.41, 5.74) is 4.09. The SMILES string of the molecule is C=CC(=O)N[C@H]1CN(Cc2ccnc(C(=O)Nc3ccc(-c4cc5c(N6CCOCC6)ncnc5[nH]4)cc3)c2)CCC1(F)F. The van der Waals surface area contributed by atoms with E-state index in [0.717, 1.165) is 52.8 Å². The number of fused-ring (bicyclic) bond motifs is 1. The second kappa shape index (κ2) is 12.5. The summed E-state index contributed by atoms with van der Waals surface area (Å²) in [7, 11) is 0. The standard InChI is InChI=1S/C31H32F2N8O3/c1-2-27(42)39-26-18-40(10-8-31(26,32)33)17-20-7-9-34-25(15-20)30(43)37-22-5-3-21(4-6-22)24-16-23-28(38-24)35-19-36-29(23)41-11-13-44-14-12-41/h2-7,9,15-16,19,26H,1,8,10-14,17-18H2,(H,37,43)(H,39,42)(H,35,36,38)/t26-/m0/s1. The number of piperidine rings is 1. The maximum absolute atomic E-state index is 14.4. The Kier molecular flexibility index (Phi) is 8.31. The van der Waals surface area contributed by atoms with Crippen molar-refractivity contribution in [3.8, 4) is 11.3 Å². The molecule has 3 N–H and O–H groups in total. The molecule has 0 spiro atoms. The fourth-order valence-electron chi connectivity index (χ4n) is 5.48. The third-order valence-corrected chi connectivity index (χ3v) is 7.85. The second-order valence-corrected chi connectivity index (χ2v) is 10.8. The van der Waals surface area contributed by atoms with Crippen molar-refractivity contribution in [3.63, 3.8) is 0 Å². The quantitative estimate of drug-likeness (QED) is 0.261. The van der Waals surface area contributed by atoms with E-state index in [9.17, 15) is 18.4 Å². The normalized spacial score (nSPS) is 18.6. The molecule has 0 saturated carbocycles. The number of aromatic amines is 1. The van der Waals surface area contributed by atoms with Gasteiger partial charge in [0, 0.05) is 56.7 Å². The minimum Gasteiger partial charge on any atom is -0.378 e. The van der Waals surface area contributed by atoms with Crippen LogP contribution in [0.3, 0.4) is 0 Å². The molecule has 0 radical (unpaired) electrons. The molecule has 2 aliphatic rings. The van der Waals surface area contributed by atoms with Gasteiger partial charge in [-0.05, 0) is 47.5 Å². The highest BCUT2D eigenvalue weighted by Crippen LogP contribution is 2.31. The van der Waals surface area contributed by atoms with Crippen molar-refractivity contribution in [1.29, 1.82) is 0 Å². The minimum absolute atomic E-state index is 0.0275. The van der Waals surface area contributed by atoms with Gasteiger partial charge in [-0.25, -0.2) is 18.7 Å². The first-order valence-electron chi connectivity index (χ1n) is 14.4. The van der Waals surface area contributed by atoms with Gasteiger partial charge in [0.05, 0.1) is 18.6 Å². The Hall–Kier alpha value is -4.75. The van der Waals surface area contributed by atoms with Gasteiger partial charge in [-0.2, -0.15) is 0 Å². The van der Waals surface area contributed by atoms with Gasteiger partial charge in [-0.15, -0.1) is 0 Å². The van der Waals surface area contributed by atoms with E-state index < -0.39 is 23.8 Å². The number of nitrogens with zero attached hydrogens (tertiary/aromatic N) is 5. The number of rotatable bonds is 8. The van der Waals surface area contributed by atoms with Crippen molar-refractivity contribution in [2.75, 3.05) is 49.6 Å². The Balaban J connectivity index is 1.10. The number of benzene rings is 1. The van der Waals surface area contributed by atoms with Gasteiger partial charge < -0.3 is 25.3 Å². The Morgan fingerprint density at radius 3 is 2.66 bits per heavy atom. The van der Waals surface area contributed by atoms with Crippen molar-refractivity contribution >= 4 is 34.4 Å². The number of likely N-dealkylation sites (tertiary alicyclic amines) is 1. The summed E-state index contributed by atoms with van der Waals surface area (Å²) in [6.07, 6.45) is 3.67. The van der Waals surface area contributed by atoms with Crippen molar-refractivity contribution in [2.24, 2.45) is 0 Å². The summed E-state index contributed by atoms with van der Waals surface area (Å²) in [5.74, 6) is -3.17. The zero-order valence-corrected chi connectivity index (χ0v) is 23.9. The maximum Gasteiger partial charge on any atom is 0.274 e. The molecule has 0 bridgehead atoms. The van der Waals surface area contributed by atoms with Crippen molar-refractivity contribution in [3.05, 3.63) is 78.9 Å². The van der Waals surface area contributed by atoms with Gasteiger partial charge in [-0.1, -0.05) is 18.7 Å². The highest BCUT2D eigenvalue weighted by atomic mass is 19.3. The molecule has 1 atom stereocenters. The van der Waals surface area contributed by atoms with Gasteiger partial charge in [0.15, 0.2) is 0 Å². The van der Waals surface area contributed by atoms with Crippen LogP contribution in [-0.4, -0.2) is 88.0 Å². The van der Waals surface area contributed by atoms with E-state index in [1.807, 2.05) is 35.2 Å². The van der Waals surface area contributed by atoms with Crippen LogP contribution in [0.1, 0.15) is 22.5 Å². The number of amides is 2. The molecular formula is C31H32F2N8O3. The lowest BCUT2D eigenvalue weighted by Gasteiger charge is -2.38. The zero-order valence-electron chi connectivity index (χ0n) is 23.9. The molecule has 2 amide bonds. The minimum atomic E-state index is -3.01. The number of morpholine rings is 1. The number of nitrogens with one attached hydrogen (secondary N) is 3. The molecule has 13 heteroatoms. The smallest absolute Gasteiger partial charge is 0.274 e. The Labute approximate surface area is 252 Å². The average Bonchev–Trinajstić information content (AvgIpc) is 3.48. The number of H-pyrrole nitrogens is 1. The number of halogens is 2. The fourth-order valence-corrected chi connectivity index (χ4v) is 5.48. The Morgan fingerprint density at radius 1 is 1.09 bits per heavy atom. The van der Waals surface area contributed by atoms with Crippen LogP contribution in [0.2, 0.25) is 0 Å². The molecule has 228 valence electrons. The summed E-state index contributed by atoms with van der Waals surface area (Å²) in [4.78, 5) is 45.2. The molecule has 11 nitrogen and oxygen atoms in total. The van der Waals surface area contributed by atoms with Crippen molar-refractivity contribution in [2.45, 2.75) is 24.9 Å². The zero-order chi connectivity index (χ0) is 30.7. The molecule has 0 aliphatic carbocycles. The molecule has 2 saturated heterocycles. The average molecular weight is 603 g/mol. The molecule has 5 heterocycles. The number of hydrogen-bond donors (Lipinski definition) is 3. The highest BCUT2D eigenvalue weighted by Gasteiger charge is 2.44. The van der Waals surface area contributed by atoms with Crippen LogP contribution < -0.4 is 15.5 Å². The lowest BCUT2D eigenvalue weighted by molar-refractivity contribution is -0.126. The predicted molar refractivity (Wildman–Crippen MR) is 162 cm³/mol. The number of pyridine rings is 1. The number of hydrogen-bond acceptors (Lipinski definition) is 8. The fraction of sp³-hybridized carbons (Fsp3) is 0.323. The molecule has 44 heavy (non-hydrogen) atoms. The monoisotopic (exact) mass is 602 g/mol. The molecule has 1 aromatic carbocycles. The number of alkyl halides is 2. The van der Waals surface area contributed by atoms with Gasteiger partial charge in [0.2, 0.25) is 5.91 Å². The van der Waals surface area contributed by atoms with E-state index in [1.54, 1.807) is 18.5 Å². The first kappa shape index (κ1) is 29.3. The molecule has 2 aliphatic heterocycles. The molecule has 0 unspecified atom stereocenters. The van der Waals surface area contributed by atoms with E-state index in [1.165, 1.54) is 6.20 Å². The molecule has 2 fully saturated rings. The van der Waals surface area contributed by atoms with E-state index in [4.69, 9.17) is 4.74 Å². The molecular weight excluding hydrogens is 570 g/mol. The third-order valence-electron chi connectivity index (χ3n) is 7.85. The highest BCUT2D eigenvalue weighted by molar-refractivity contribution is 6.03. The summed E-state index contributed by atoms with van der Waals surface area (Å²) in [6, 6.07) is 11.5. The lowest BCUT2D eigenvalue weighted by atomic mass is 10.00. The third kappa shape index (κ3) is 6.43. The van der Waals surface area contributed by atoms with Crippen molar-refractivity contribution < 1.29 is 23.1 Å². The first-order chi connectivity index (χ1) is 21.3. The van der Waals surface area contributed by atoms with E-state index in [2.05, 4.69) is 42.0 Å². The van der Waals surface area contributed by atoms with E-state index in [0.29, 0.717) is 25.4 Å². The van der Waals surface area contributed by atoms with Crippen LogP contribution in [0, 0.1) is 0 Å². The summed E-state index contributed by atoms with van der Waals surface area (Å²) in [5, 5.41) is 6.13. The number of ether oxygens (including phenoxy) is 1. The topological polar surface area (TPSA) is 128 Å². The molecule has 6 rings (SSSR count). The van der Waals surface area contributed by atoms with Crippen LogP contribution in [0.15, 0.2) is 67.6 Å². The predicted octanol–water partition coefficient (Wildman–Crippen LogP) is 3.62. The summed E-state index contributed by atoms with van der Waals surface area (Å²) in [6.45, 7) is 6.65. The van der Waals surface area contributed by atoms with Gasteiger partial charge in [-0.3, -0.25) is 19.5 Å². The van der Waals surface area contributed by atoms with Crippen LogP contribution in [0.5, 0.6) is 0 Å². The summed E-state index contributed by atoms with van der Waals surface area (Å²) >= 11 is 0. The van der Waals surface area contributed by atoms with Crippen LogP contribution in [-0.2, 0) is 16.1 Å². The van der Waals surface area contributed by atoms with Crippen LogP contribution in [0.4, 0.5) is 20.3 Å². The summed E-state index contributed by atoms with van der Waals surface area (Å²) < 4.78 is 34.2. The lowest BCUT2D eigenvalue weighted by Crippen LogP contribution is -2.58. The first-order valence-corrected chi connectivity index (χ1v) is 14.4.